The number of benzene rings is 1. The highest BCUT2D eigenvalue weighted by Crippen LogP contribution is 2.61. The Morgan fingerprint density at radius 2 is 1.81 bits per heavy atom. The highest BCUT2D eigenvalue weighted by Gasteiger charge is 2.52. The SMILES string of the molecule is COc1cc(CNC(C)C23CC4CC(CC(C4)C2)C3)ccc1OCC(N)=O. The maximum absolute atomic E-state index is 10.9. The Kier molecular flexibility index (Phi) is 5.06. The molecule has 3 N–H and O–H groups in total. The normalized spacial score (nSPS) is 32.3. The first-order valence-electron chi connectivity index (χ1n) is 10.3. The predicted octanol–water partition coefficient (Wildman–Crippen LogP) is 3.25. The zero-order valence-electron chi connectivity index (χ0n) is 16.5. The molecule has 0 aromatic heterocycles. The van der Waals surface area contributed by atoms with Crippen LogP contribution in [-0.4, -0.2) is 25.7 Å². The van der Waals surface area contributed by atoms with Crippen LogP contribution >= 0.6 is 0 Å². The van der Waals surface area contributed by atoms with Gasteiger partial charge in [0.15, 0.2) is 18.1 Å². The summed E-state index contributed by atoms with van der Waals surface area (Å²) >= 11 is 0. The molecule has 0 heterocycles. The number of nitrogens with one attached hydrogen (secondary N) is 1. The van der Waals surface area contributed by atoms with Crippen molar-refractivity contribution in [2.75, 3.05) is 13.7 Å². The maximum atomic E-state index is 10.9. The molecule has 4 saturated carbocycles. The molecule has 1 aromatic rings. The van der Waals surface area contributed by atoms with E-state index in [1.165, 1.54) is 38.5 Å². The zero-order chi connectivity index (χ0) is 19.0. The van der Waals surface area contributed by atoms with E-state index in [9.17, 15) is 4.79 Å². The molecule has 27 heavy (non-hydrogen) atoms. The van der Waals surface area contributed by atoms with E-state index in [1.807, 2.05) is 18.2 Å². The van der Waals surface area contributed by atoms with Gasteiger partial charge in [-0.3, -0.25) is 4.79 Å². The summed E-state index contributed by atoms with van der Waals surface area (Å²) in [4.78, 5) is 10.9. The van der Waals surface area contributed by atoms with Gasteiger partial charge in [0.1, 0.15) is 0 Å². The van der Waals surface area contributed by atoms with Crippen LogP contribution in [0, 0.1) is 23.2 Å². The molecule has 1 unspecified atom stereocenters. The number of ether oxygens (including phenoxy) is 2. The second kappa shape index (κ2) is 7.34. The minimum atomic E-state index is -0.493. The first-order chi connectivity index (χ1) is 13.0. The van der Waals surface area contributed by atoms with Gasteiger partial charge in [0, 0.05) is 12.6 Å². The summed E-state index contributed by atoms with van der Waals surface area (Å²) in [7, 11) is 1.61. The summed E-state index contributed by atoms with van der Waals surface area (Å²) in [5.74, 6) is 3.62. The van der Waals surface area contributed by atoms with Crippen LogP contribution < -0.4 is 20.5 Å². The first-order valence-corrected chi connectivity index (χ1v) is 10.3. The Bertz CT molecular complexity index is 668. The number of hydrogen-bond donors (Lipinski definition) is 2. The second-order valence-electron chi connectivity index (χ2n) is 9.12. The van der Waals surface area contributed by atoms with Gasteiger partial charge in [-0.1, -0.05) is 6.07 Å². The van der Waals surface area contributed by atoms with E-state index in [4.69, 9.17) is 15.2 Å². The summed E-state index contributed by atoms with van der Waals surface area (Å²) in [5, 5.41) is 3.81. The molecule has 0 spiro atoms. The number of methoxy groups -OCH3 is 1. The third-order valence-electron chi connectivity index (χ3n) is 7.21. The monoisotopic (exact) mass is 372 g/mol. The molecule has 1 aromatic carbocycles. The number of carbonyl (C=O) groups excluding carboxylic acids is 1. The Balaban J connectivity index is 1.39. The maximum Gasteiger partial charge on any atom is 0.255 e. The van der Waals surface area contributed by atoms with Crippen LogP contribution in [0.5, 0.6) is 11.5 Å². The lowest BCUT2D eigenvalue weighted by Gasteiger charge is -2.59. The molecule has 1 amide bonds. The van der Waals surface area contributed by atoms with Gasteiger partial charge in [0.25, 0.3) is 5.91 Å². The van der Waals surface area contributed by atoms with E-state index >= 15 is 0 Å². The van der Waals surface area contributed by atoms with Gasteiger partial charge in [-0.05, 0) is 86.3 Å². The lowest BCUT2D eigenvalue weighted by molar-refractivity contribution is -0.119. The largest absolute Gasteiger partial charge is 0.493 e. The van der Waals surface area contributed by atoms with Gasteiger partial charge < -0.3 is 20.5 Å². The predicted molar refractivity (Wildman–Crippen MR) is 105 cm³/mol. The van der Waals surface area contributed by atoms with Crippen molar-refractivity contribution < 1.29 is 14.3 Å². The number of rotatable bonds is 8. The van der Waals surface area contributed by atoms with E-state index in [2.05, 4.69) is 12.2 Å². The van der Waals surface area contributed by atoms with Gasteiger partial charge >= 0.3 is 0 Å². The van der Waals surface area contributed by atoms with Crippen LogP contribution in [0.2, 0.25) is 0 Å². The van der Waals surface area contributed by atoms with Gasteiger partial charge in [0.2, 0.25) is 0 Å². The minimum Gasteiger partial charge on any atom is -0.493 e. The quantitative estimate of drug-likeness (QED) is 0.735. The summed E-state index contributed by atoms with van der Waals surface area (Å²) in [5.41, 5.74) is 6.82. The van der Waals surface area contributed by atoms with E-state index < -0.39 is 5.91 Å². The molecule has 4 aliphatic rings. The zero-order valence-corrected chi connectivity index (χ0v) is 16.5. The molecular formula is C22H32N2O3. The minimum absolute atomic E-state index is 0.142. The van der Waals surface area contributed by atoms with Crippen LogP contribution in [0.25, 0.3) is 0 Å². The van der Waals surface area contributed by atoms with Gasteiger partial charge in [0.05, 0.1) is 7.11 Å². The average molecular weight is 373 g/mol. The van der Waals surface area contributed by atoms with Crippen LogP contribution in [0.15, 0.2) is 18.2 Å². The molecule has 0 aliphatic heterocycles. The topological polar surface area (TPSA) is 73.6 Å². The Hall–Kier alpha value is -1.75. The third kappa shape index (κ3) is 3.79. The summed E-state index contributed by atoms with van der Waals surface area (Å²) in [6.45, 7) is 3.06. The fraction of sp³-hybridized carbons (Fsp3) is 0.682. The van der Waals surface area contributed by atoms with Crippen molar-refractivity contribution in [1.82, 2.24) is 5.32 Å². The fourth-order valence-electron chi connectivity index (χ4n) is 6.29. The van der Waals surface area contributed by atoms with Crippen molar-refractivity contribution in [3.05, 3.63) is 23.8 Å². The molecule has 5 nitrogen and oxygen atoms in total. The van der Waals surface area contributed by atoms with Crippen molar-refractivity contribution >= 4 is 5.91 Å². The summed E-state index contributed by atoms with van der Waals surface area (Å²) in [6.07, 6.45) is 8.69. The highest BCUT2D eigenvalue weighted by molar-refractivity contribution is 5.75. The van der Waals surface area contributed by atoms with E-state index in [0.29, 0.717) is 23.0 Å². The summed E-state index contributed by atoms with van der Waals surface area (Å²) < 4.78 is 10.8. The molecule has 148 valence electrons. The fourth-order valence-corrected chi connectivity index (χ4v) is 6.29. The smallest absolute Gasteiger partial charge is 0.255 e. The molecule has 1 atom stereocenters. The Morgan fingerprint density at radius 3 is 2.37 bits per heavy atom. The standard InChI is InChI=1S/C22H32N2O3/c1-14(22-9-16-5-17(10-22)7-18(6-16)11-22)24-12-15-3-4-19(20(8-15)26-2)27-13-21(23)25/h3-4,8,14,16-18,24H,5-7,9-13H2,1-2H3,(H2,23,25). The number of amides is 1. The average Bonchev–Trinajstić information content (AvgIpc) is 2.63. The van der Waals surface area contributed by atoms with E-state index in [-0.39, 0.29) is 6.61 Å². The number of primary amides is 1. The van der Waals surface area contributed by atoms with Crippen molar-refractivity contribution in [1.29, 1.82) is 0 Å². The molecule has 4 bridgehead atoms. The van der Waals surface area contributed by atoms with Crippen LogP contribution in [0.3, 0.4) is 0 Å². The first kappa shape index (κ1) is 18.6. The molecule has 5 rings (SSSR count). The summed E-state index contributed by atoms with van der Waals surface area (Å²) in [6, 6.07) is 6.39. The van der Waals surface area contributed by atoms with E-state index in [1.54, 1.807) is 7.11 Å². The molecule has 5 heteroatoms. The van der Waals surface area contributed by atoms with E-state index in [0.717, 1.165) is 29.9 Å². The Morgan fingerprint density at radius 1 is 1.19 bits per heavy atom. The van der Waals surface area contributed by atoms with Crippen molar-refractivity contribution in [3.8, 4) is 11.5 Å². The molecule has 0 saturated heterocycles. The molecule has 4 fully saturated rings. The van der Waals surface area contributed by atoms with Crippen LogP contribution in [-0.2, 0) is 11.3 Å². The van der Waals surface area contributed by atoms with Crippen molar-refractivity contribution in [2.45, 2.75) is 58.0 Å². The number of nitrogens with two attached hydrogens (primary N) is 1. The van der Waals surface area contributed by atoms with Crippen molar-refractivity contribution in [3.63, 3.8) is 0 Å². The number of carbonyl (C=O) groups is 1. The van der Waals surface area contributed by atoms with Gasteiger partial charge in [-0.25, -0.2) is 0 Å². The van der Waals surface area contributed by atoms with Gasteiger partial charge in [-0.15, -0.1) is 0 Å². The second-order valence-corrected chi connectivity index (χ2v) is 9.12. The Labute approximate surface area is 162 Å². The lowest BCUT2D eigenvalue weighted by Crippen LogP contribution is -2.54. The van der Waals surface area contributed by atoms with Crippen molar-refractivity contribution in [2.24, 2.45) is 28.9 Å². The lowest BCUT2D eigenvalue weighted by atomic mass is 9.48. The third-order valence-corrected chi connectivity index (χ3v) is 7.21. The number of hydrogen-bond acceptors (Lipinski definition) is 4. The van der Waals surface area contributed by atoms with Crippen LogP contribution in [0.1, 0.15) is 51.0 Å². The molecule has 4 aliphatic carbocycles. The van der Waals surface area contributed by atoms with Gasteiger partial charge in [-0.2, -0.15) is 0 Å². The molecular weight excluding hydrogens is 340 g/mol. The highest BCUT2D eigenvalue weighted by atomic mass is 16.5. The van der Waals surface area contributed by atoms with Crippen LogP contribution in [0.4, 0.5) is 0 Å². The molecule has 0 radical (unpaired) electrons.